The van der Waals surface area contributed by atoms with E-state index in [0.29, 0.717) is 12.3 Å². The molecule has 1 atom stereocenters. The zero-order chi connectivity index (χ0) is 13.0. The van der Waals surface area contributed by atoms with Crippen LogP contribution in [0, 0.1) is 21.8 Å². The number of benzene rings is 1. The number of nitro groups is 1. The highest BCUT2D eigenvalue weighted by Crippen LogP contribution is 2.28. The number of rotatable bonds is 5. The van der Waals surface area contributed by atoms with E-state index in [1.807, 2.05) is 13.8 Å². The first-order chi connectivity index (χ1) is 7.91. The van der Waals surface area contributed by atoms with Crippen molar-refractivity contribution in [2.45, 2.75) is 32.7 Å². The molecule has 0 unspecified atom stereocenters. The SMILES string of the molecule is CC(C)CC[C@H](N)c1cc(F)ccc1[N+](=O)[O-]. The summed E-state index contributed by atoms with van der Waals surface area (Å²) in [5, 5.41) is 10.8. The van der Waals surface area contributed by atoms with E-state index in [2.05, 4.69) is 0 Å². The maximum Gasteiger partial charge on any atom is 0.274 e. The number of nitro benzene ring substituents is 1. The van der Waals surface area contributed by atoms with Gasteiger partial charge in [-0.1, -0.05) is 13.8 Å². The van der Waals surface area contributed by atoms with Crippen LogP contribution in [0.5, 0.6) is 0 Å². The molecule has 5 heteroatoms. The average molecular weight is 240 g/mol. The number of hydrogen-bond donors (Lipinski definition) is 1. The van der Waals surface area contributed by atoms with Crippen LogP contribution in [0.25, 0.3) is 0 Å². The molecule has 0 aliphatic carbocycles. The summed E-state index contributed by atoms with van der Waals surface area (Å²) in [6.07, 6.45) is 1.47. The van der Waals surface area contributed by atoms with Crippen molar-refractivity contribution in [3.63, 3.8) is 0 Å². The summed E-state index contributed by atoms with van der Waals surface area (Å²) in [6, 6.07) is 2.91. The number of halogens is 1. The van der Waals surface area contributed by atoms with Crippen molar-refractivity contribution >= 4 is 5.69 Å². The number of nitrogens with zero attached hydrogens (tertiary/aromatic N) is 1. The molecular weight excluding hydrogens is 223 g/mol. The van der Waals surface area contributed by atoms with Crippen molar-refractivity contribution in [3.8, 4) is 0 Å². The van der Waals surface area contributed by atoms with Gasteiger partial charge < -0.3 is 5.73 Å². The molecule has 4 nitrogen and oxygen atoms in total. The predicted molar refractivity (Wildman–Crippen MR) is 64.1 cm³/mol. The van der Waals surface area contributed by atoms with Crippen molar-refractivity contribution < 1.29 is 9.31 Å². The van der Waals surface area contributed by atoms with Crippen LogP contribution in [-0.4, -0.2) is 4.92 Å². The molecule has 0 aromatic heterocycles. The van der Waals surface area contributed by atoms with Gasteiger partial charge in [-0.3, -0.25) is 10.1 Å². The Labute approximate surface area is 99.8 Å². The largest absolute Gasteiger partial charge is 0.324 e. The maximum atomic E-state index is 13.1. The van der Waals surface area contributed by atoms with Gasteiger partial charge in [-0.05, 0) is 30.9 Å². The minimum Gasteiger partial charge on any atom is -0.324 e. The van der Waals surface area contributed by atoms with Gasteiger partial charge in [-0.2, -0.15) is 0 Å². The first kappa shape index (κ1) is 13.6. The molecule has 94 valence electrons. The van der Waals surface area contributed by atoms with Gasteiger partial charge >= 0.3 is 0 Å². The van der Waals surface area contributed by atoms with Crippen LogP contribution in [0.3, 0.4) is 0 Å². The fraction of sp³-hybridized carbons (Fsp3) is 0.500. The highest BCUT2D eigenvalue weighted by molar-refractivity contribution is 5.42. The maximum absolute atomic E-state index is 13.1. The third-order valence-corrected chi connectivity index (χ3v) is 2.64. The minimum atomic E-state index is -0.524. The molecule has 0 fully saturated rings. The lowest BCUT2D eigenvalue weighted by atomic mass is 9.97. The van der Waals surface area contributed by atoms with E-state index in [9.17, 15) is 14.5 Å². The van der Waals surface area contributed by atoms with E-state index in [1.54, 1.807) is 0 Å². The van der Waals surface area contributed by atoms with E-state index in [0.717, 1.165) is 18.6 Å². The second kappa shape index (κ2) is 5.72. The van der Waals surface area contributed by atoms with Crippen molar-refractivity contribution in [2.75, 3.05) is 0 Å². The van der Waals surface area contributed by atoms with E-state index in [1.165, 1.54) is 6.07 Å². The Morgan fingerprint density at radius 2 is 2.06 bits per heavy atom. The first-order valence-electron chi connectivity index (χ1n) is 5.61. The molecule has 2 N–H and O–H groups in total. The zero-order valence-corrected chi connectivity index (χ0v) is 10.0. The van der Waals surface area contributed by atoms with E-state index in [4.69, 9.17) is 5.73 Å². The van der Waals surface area contributed by atoms with Gasteiger partial charge in [0.2, 0.25) is 0 Å². The Morgan fingerprint density at radius 3 is 2.59 bits per heavy atom. The quantitative estimate of drug-likeness (QED) is 0.634. The van der Waals surface area contributed by atoms with Crippen LogP contribution in [0.2, 0.25) is 0 Å². The molecule has 0 saturated heterocycles. The Bertz CT molecular complexity index is 407. The van der Waals surface area contributed by atoms with Crippen LogP contribution in [-0.2, 0) is 0 Å². The normalized spacial score (nSPS) is 12.8. The van der Waals surface area contributed by atoms with Crippen molar-refractivity contribution in [3.05, 3.63) is 39.7 Å². The van der Waals surface area contributed by atoms with Gasteiger partial charge in [0.25, 0.3) is 5.69 Å². The molecule has 0 aliphatic heterocycles. The first-order valence-corrected chi connectivity index (χ1v) is 5.61. The Balaban J connectivity index is 2.94. The fourth-order valence-electron chi connectivity index (χ4n) is 1.66. The van der Waals surface area contributed by atoms with Gasteiger partial charge in [-0.15, -0.1) is 0 Å². The summed E-state index contributed by atoms with van der Waals surface area (Å²) in [7, 11) is 0. The molecule has 17 heavy (non-hydrogen) atoms. The molecule has 1 rings (SSSR count). The molecule has 1 aromatic rings. The third-order valence-electron chi connectivity index (χ3n) is 2.64. The van der Waals surface area contributed by atoms with Crippen molar-refractivity contribution in [1.82, 2.24) is 0 Å². The van der Waals surface area contributed by atoms with Crippen molar-refractivity contribution in [2.24, 2.45) is 11.7 Å². The van der Waals surface area contributed by atoms with Gasteiger partial charge in [0, 0.05) is 17.7 Å². The Morgan fingerprint density at radius 1 is 1.41 bits per heavy atom. The standard InChI is InChI=1S/C12H17FN2O2/c1-8(2)3-5-11(14)10-7-9(13)4-6-12(10)15(16)17/h4,6-8,11H,3,5,14H2,1-2H3/t11-/m0/s1. The van der Waals surface area contributed by atoms with Gasteiger partial charge in [0.1, 0.15) is 5.82 Å². The second-order valence-electron chi connectivity index (χ2n) is 4.54. The van der Waals surface area contributed by atoms with Crippen LogP contribution >= 0.6 is 0 Å². The zero-order valence-electron chi connectivity index (χ0n) is 10.0. The molecular formula is C12H17FN2O2. The Kier molecular flexibility index (Phi) is 4.57. The summed E-state index contributed by atoms with van der Waals surface area (Å²) >= 11 is 0. The molecule has 0 spiro atoms. The molecule has 0 heterocycles. The van der Waals surface area contributed by atoms with E-state index < -0.39 is 16.8 Å². The topological polar surface area (TPSA) is 69.2 Å². The average Bonchev–Trinajstić information content (AvgIpc) is 2.25. The Hall–Kier alpha value is -1.49. The molecule has 0 saturated carbocycles. The van der Waals surface area contributed by atoms with Crippen LogP contribution in [0.1, 0.15) is 38.3 Å². The molecule has 0 aliphatic rings. The minimum absolute atomic E-state index is 0.109. The molecule has 0 radical (unpaired) electrons. The fourth-order valence-corrected chi connectivity index (χ4v) is 1.66. The molecule has 0 bridgehead atoms. The molecule has 1 aromatic carbocycles. The number of nitrogens with two attached hydrogens (primary N) is 1. The summed E-state index contributed by atoms with van der Waals surface area (Å²) in [5.41, 5.74) is 6.04. The summed E-state index contributed by atoms with van der Waals surface area (Å²) in [4.78, 5) is 10.3. The third kappa shape index (κ3) is 3.78. The lowest BCUT2D eigenvalue weighted by molar-refractivity contribution is -0.385. The van der Waals surface area contributed by atoms with E-state index >= 15 is 0 Å². The highest BCUT2D eigenvalue weighted by atomic mass is 19.1. The van der Waals surface area contributed by atoms with Gasteiger partial charge in [0.15, 0.2) is 0 Å². The van der Waals surface area contributed by atoms with Crippen LogP contribution in [0.4, 0.5) is 10.1 Å². The van der Waals surface area contributed by atoms with E-state index in [-0.39, 0.29) is 11.3 Å². The lowest BCUT2D eigenvalue weighted by Gasteiger charge is -2.13. The predicted octanol–water partition coefficient (Wildman–Crippen LogP) is 3.17. The highest BCUT2D eigenvalue weighted by Gasteiger charge is 2.20. The lowest BCUT2D eigenvalue weighted by Crippen LogP contribution is -2.13. The van der Waals surface area contributed by atoms with Gasteiger partial charge in [-0.25, -0.2) is 4.39 Å². The number of hydrogen-bond acceptors (Lipinski definition) is 3. The van der Waals surface area contributed by atoms with Crippen LogP contribution < -0.4 is 5.73 Å². The summed E-state index contributed by atoms with van der Waals surface area (Å²) in [6.45, 7) is 4.10. The second-order valence-corrected chi connectivity index (χ2v) is 4.54. The smallest absolute Gasteiger partial charge is 0.274 e. The summed E-state index contributed by atoms with van der Waals surface area (Å²) in [5.74, 6) is -0.0285. The van der Waals surface area contributed by atoms with Crippen molar-refractivity contribution in [1.29, 1.82) is 0 Å². The van der Waals surface area contributed by atoms with Gasteiger partial charge in [0.05, 0.1) is 4.92 Å². The summed E-state index contributed by atoms with van der Waals surface area (Å²) < 4.78 is 13.1. The monoisotopic (exact) mass is 240 g/mol. The van der Waals surface area contributed by atoms with Crippen LogP contribution in [0.15, 0.2) is 18.2 Å². The molecule has 0 amide bonds.